The first-order chi connectivity index (χ1) is 7.06. The third kappa shape index (κ3) is 3.14. The molecule has 0 aliphatic rings. The Kier molecular flexibility index (Phi) is 4.48. The molecule has 0 radical (unpaired) electrons. The Morgan fingerprint density at radius 2 is 2.07 bits per heavy atom. The Balaban J connectivity index is 3.05. The Morgan fingerprint density at radius 1 is 1.40 bits per heavy atom. The summed E-state index contributed by atoms with van der Waals surface area (Å²) in [6, 6.07) is 6.06. The first-order valence-corrected chi connectivity index (χ1v) is 6.48. The van der Waals surface area contributed by atoms with Crippen LogP contribution < -0.4 is 0 Å². The van der Waals surface area contributed by atoms with Gasteiger partial charge >= 0.3 is 0 Å². The summed E-state index contributed by atoms with van der Waals surface area (Å²) in [5, 5.41) is 8.77. The van der Waals surface area contributed by atoms with Crippen molar-refractivity contribution < 1.29 is 9.32 Å². The molecule has 15 heavy (non-hydrogen) atoms. The molecule has 1 rings (SSSR count). The zero-order chi connectivity index (χ0) is 11.4. The smallest absolute Gasteiger partial charge is 0.0555 e. The van der Waals surface area contributed by atoms with Crippen LogP contribution in [0.4, 0.5) is 0 Å². The van der Waals surface area contributed by atoms with Gasteiger partial charge in [-0.25, -0.2) is 0 Å². The first-order valence-electron chi connectivity index (χ1n) is 5.16. The second-order valence-corrected chi connectivity index (χ2v) is 5.49. The van der Waals surface area contributed by atoms with E-state index in [0.29, 0.717) is 11.7 Å². The number of aliphatic hydroxyl groups excluding tert-OH is 1. The molecule has 0 aliphatic carbocycles. The number of aliphatic hydroxyl groups is 1. The highest BCUT2D eigenvalue weighted by atomic mass is 32.2. The standard InChI is InChI=1S/C12H18O2S/c1-9(2)11-5-4-10(3)12(8-11)15(14)7-6-13/h4-5,8-9,13H,6-7H2,1-3H3/t15-/m1/s1. The van der Waals surface area contributed by atoms with Crippen LogP contribution in [0.15, 0.2) is 23.1 Å². The quantitative estimate of drug-likeness (QED) is 0.854. The zero-order valence-electron chi connectivity index (χ0n) is 9.49. The van der Waals surface area contributed by atoms with E-state index in [9.17, 15) is 4.21 Å². The molecule has 0 aromatic heterocycles. The molecule has 1 aromatic rings. The highest BCUT2D eigenvalue weighted by Crippen LogP contribution is 2.21. The molecule has 1 aromatic carbocycles. The number of benzene rings is 1. The normalized spacial score (nSPS) is 13.1. The average Bonchev–Trinajstić information content (AvgIpc) is 2.18. The molecule has 2 nitrogen and oxygen atoms in total. The molecule has 0 heterocycles. The van der Waals surface area contributed by atoms with Gasteiger partial charge in [0, 0.05) is 4.90 Å². The van der Waals surface area contributed by atoms with Crippen molar-refractivity contribution >= 4 is 10.8 Å². The third-order valence-corrected chi connectivity index (χ3v) is 3.88. The molecule has 0 amide bonds. The van der Waals surface area contributed by atoms with Gasteiger partial charge in [0.25, 0.3) is 0 Å². The average molecular weight is 226 g/mol. The van der Waals surface area contributed by atoms with Crippen LogP contribution in [-0.2, 0) is 10.8 Å². The predicted molar refractivity (Wildman–Crippen MR) is 63.6 cm³/mol. The summed E-state index contributed by atoms with van der Waals surface area (Å²) in [5.41, 5.74) is 2.23. The summed E-state index contributed by atoms with van der Waals surface area (Å²) in [6.07, 6.45) is 0. The summed E-state index contributed by atoms with van der Waals surface area (Å²) in [7, 11) is -1.07. The summed E-state index contributed by atoms with van der Waals surface area (Å²) >= 11 is 0. The minimum absolute atomic E-state index is 0.0298. The predicted octanol–water partition coefficient (Wildman–Crippen LogP) is 2.22. The summed E-state index contributed by atoms with van der Waals surface area (Å²) in [6.45, 7) is 6.15. The van der Waals surface area contributed by atoms with E-state index < -0.39 is 10.8 Å². The molecule has 0 fully saturated rings. The van der Waals surface area contributed by atoms with Gasteiger partial charge in [-0.1, -0.05) is 26.0 Å². The maximum atomic E-state index is 11.8. The van der Waals surface area contributed by atoms with Crippen LogP contribution in [0.2, 0.25) is 0 Å². The molecule has 1 N–H and O–H groups in total. The van der Waals surface area contributed by atoms with Gasteiger partial charge < -0.3 is 5.11 Å². The van der Waals surface area contributed by atoms with Gasteiger partial charge in [0.15, 0.2) is 0 Å². The second kappa shape index (κ2) is 5.42. The van der Waals surface area contributed by atoms with Crippen molar-refractivity contribution in [2.24, 2.45) is 0 Å². The van der Waals surface area contributed by atoms with E-state index in [2.05, 4.69) is 19.9 Å². The fourth-order valence-electron chi connectivity index (χ4n) is 1.41. The van der Waals surface area contributed by atoms with Crippen molar-refractivity contribution in [1.29, 1.82) is 0 Å². The van der Waals surface area contributed by atoms with Crippen molar-refractivity contribution in [3.63, 3.8) is 0 Å². The van der Waals surface area contributed by atoms with Crippen LogP contribution in [0.1, 0.15) is 30.9 Å². The third-order valence-electron chi connectivity index (χ3n) is 2.40. The SMILES string of the molecule is Cc1ccc(C(C)C)cc1[S@](=O)CCO. The largest absolute Gasteiger partial charge is 0.395 e. The fourth-order valence-corrected chi connectivity index (χ4v) is 2.49. The van der Waals surface area contributed by atoms with Gasteiger partial charge in [-0.3, -0.25) is 4.21 Å². The highest BCUT2D eigenvalue weighted by Gasteiger charge is 2.09. The van der Waals surface area contributed by atoms with Crippen LogP contribution in [-0.4, -0.2) is 21.7 Å². The fraction of sp³-hybridized carbons (Fsp3) is 0.500. The van der Waals surface area contributed by atoms with Crippen molar-refractivity contribution in [2.45, 2.75) is 31.6 Å². The van der Waals surface area contributed by atoms with Crippen LogP contribution in [0, 0.1) is 6.92 Å². The van der Waals surface area contributed by atoms with Gasteiger partial charge in [-0.05, 0) is 30.0 Å². The van der Waals surface area contributed by atoms with E-state index in [1.54, 1.807) is 0 Å². The van der Waals surface area contributed by atoms with Crippen LogP contribution in [0.3, 0.4) is 0 Å². The van der Waals surface area contributed by atoms with E-state index in [1.807, 2.05) is 19.1 Å². The van der Waals surface area contributed by atoms with Gasteiger partial charge in [0.05, 0.1) is 23.2 Å². The highest BCUT2D eigenvalue weighted by molar-refractivity contribution is 7.85. The molecule has 0 saturated carbocycles. The molecule has 0 spiro atoms. The molecule has 0 saturated heterocycles. The van der Waals surface area contributed by atoms with Crippen LogP contribution in [0.25, 0.3) is 0 Å². The van der Waals surface area contributed by atoms with Crippen molar-refractivity contribution in [1.82, 2.24) is 0 Å². The molecular formula is C12H18O2S. The number of hydrogen-bond donors (Lipinski definition) is 1. The van der Waals surface area contributed by atoms with Crippen LogP contribution in [0.5, 0.6) is 0 Å². The van der Waals surface area contributed by atoms with Crippen LogP contribution >= 0.6 is 0 Å². The summed E-state index contributed by atoms with van der Waals surface area (Å²) in [4.78, 5) is 0.857. The number of hydrogen-bond acceptors (Lipinski definition) is 2. The Morgan fingerprint density at radius 3 is 2.60 bits per heavy atom. The topological polar surface area (TPSA) is 37.3 Å². The monoisotopic (exact) mass is 226 g/mol. The van der Waals surface area contributed by atoms with Crippen molar-refractivity contribution in [3.05, 3.63) is 29.3 Å². The molecule has 0 aliphatic heterocycles. The van der Waals surface area contributed by atoms with E-state index in [-0.39, 0.29) is 6.61 Å². The minimum atomic E-state index is -1.07. The lowest BCUT2D eigenvalue weighted by molar-refractivity contribution is 0.321. The molecule has 3 heteroatoms. The maximum Gasteiger partial charge on any atom is 0.0555 e. The Bertz CT molecular complexity index is 359. The minimum Gasteiger partial charge on any atom is -0.395 e. The van der Waals surface area contributed by atoms with Gasteiger partial charge in [0.2, 0.25) is 0 Å². The first kappa shape index (κ1) is 12.4. The molecular weight excluding hydrogens is 208 g/mol. The van der Waals surface area contributed by atoms with E-state index in [0.717, 1.165) is 10.5 Å². The van der Waals surface area contributed by atoms with Gasteiger partial charge in [-0.15, -0.1) is 0 Å². The molecule has 1 atom stereocenters. The lowest BCUT2D eigenvalue weighted by Gasteiger charge is -2.10. The molecule has 0 bridgehead atoms. The molecule has 84 valence electrons. The second-order valence-electron chi connectivity index (χ2n) is 3.95. The lowest BCUT2D eigenvalue weighted by Crippen LogP contribution is -2.04. The summed E-state index contributed by atoms with van der Waals surface area (Å²) in [5.74, 6) is 0.762. The maximum absolute atomic E-state index is 11.8. The Hall–Kier alpha value is -0.670. The van der Waals surface area contributed by atoms with E-state index >= 15 is 0 Å². The van der Waals surface area contributed by atoms with Gasteiger partial charge in [0.1, 0.15) is 0 Å². The van der Waals surface area contributed by atoms with Crippen molar-refractivity contribution in [2.75, 3.05) is 12.4 Å². The summed E-state index contributed by atoms with van der Waals surface area (Å²) < 4.78 is 11.8. The van der Waals surface area contributed by atoms with E-state index in [4.69, 9.17) is 5.11 Å². The van der Waals surface area contributed by atoms with E-state index in [1.165, 1.54) is 5.56 Å². The zero-order valence-corrected chi connectivity index (χ0v) is 10.3. The lowest BCUT2D eigenvalue weighted by atomic mass is 10.0. The number of rotatable bonds is 4. The Labute approximate surface area is 93.8 Å². The number of aryl methyl sites for hydroxylation is 1. The van der Waals surface area contributed by atoms with Crippen molar-refractivity contribution in [3.8, 4) is 0 Å². The van der Waals surface area contributed by atoms with Gasteiger partial charge in [-0.2, -0.15) is 0 Å². The molecule has 0 unspecified atom stereocenters.